The number of hydrogen-bond donors (Lipinski definition) is 2. The molecule has 0 fully saturated rings. The summed E-state index contributed by atoms with van der Waals surface area (Å²) in [5.41, 5.74) is 2.42. The van der Waals surface area contributed by atoms with Crippen LogP contribution in [0.1, 0.15) is 35.0 Å². The minimum absolute atomic E-state index is 0. The number of methoxy groups -OCH3 is 1. The third-order valence-electron chi connectivity index (χ3n) is 4.09. The molecule has 0 amide bonds. The fourth-order valence-corrected chi connectivity index (χ4v) is 3.76. The number of hydrogen-bond acceptors (Lipinski definition) is 4. The van der Waals surface area contributed by atoms with Crippen molar-refractivity contribution in [1.82, 2.24) is 15.6 Å². The molecule has 150 valence electrons. The minimum atomic E-state index is 0. The highest BCUT2D eigenvalue weighted by molar-refractivity contribution is 14.0. The maximum atomic E-state index is 5.41. The van der Waals surface area contributed by atoms with Crippen molar-refractivity contribution in [3.8, 4) is 5.75 Å². The summed E-state index contributed by atoms with van der Waals surface area (Å²) >= 11 is 1.79. The molecule has 2 N–H and O–H groups in total. The van der Waals surface area contributed by atoms with E-state index in [9.17, 15) is 0 Å². The first kappa shape index (κ1) is 23.7. The topological polar surface area (TPSA) is 58.5 Å². The van der Waals surface area contributed by atoms with E-state index in [4.69, 9.17) is 4.74 Å². The number of halogens is 1. The van der Waals surface area contributed by atoms with Gasteiger partial charge in [0.15, 0.2) is 5.96 Å². The van der Waals surface area contributed by atoms with Crippen LogP contribution >= 0.6 is 35.3 Å². The molecule has 2 rings (SSSR count). The van der Waals surface area contributed by atoms with Crippen molar-refractivity contribution in [3.05, 3.63) is 45.4 Å². The average Bonchev–Trinajstić information content (AvgIpc) is 3.01. The number of guanidine groups is 1. The fourth-order valence-electron chi connectivity index (χ4n) is 2.75. The minimum Gasteiger partial charge on any atom is -0.496 e. The summed E-state index contributed by atoms with van der Waals surface area (Å²) in [4.78, 5) is 10.7. The van der Waals surface area contributed by atoms with E-state index in [2.05, 4.69) is 47.4 Å². The second-order valence-electron chi connectivity index (χ2n) is 5.96. The Bertz CT molecular complexity index is 718. The van der Waals surface area contributed by atoms with E-state index in [-0.39, 0.29) is 24.0 Å². The van der Waals surface area contributed by atoms with E-state index < -0.39 is 0 Å². The third-order valence-corrected chi connectivity index (χ3v) is 5.16. The average molecular weight is 502 g/mol. The van der Waals surface area contributed by atoms with Crippen LogP contribution in [0, 0.1) is 6.92 Å². The lowest BCUT2D eigenvalue weighted by molar-refractivity contribution is 0.409. The van der Waals surface area contributed by atoms with Gasteiger partial charge in [-0.3, -0.25) is 4.99 Å². The van der Waals surface area contributed by atoms with Crippen LogP contribution in [-0.2, 0) is 19.3 Å². The van der Waals surface area contributed by atoms with E-state index in [1.54, 1.807) is 18.4 Å². The zero-order valence-electron chi connectivity index (χ0n) is 16.7. The number of aryl methyl sites for hydroxylation is 2. The summed E-state index contributed by atoms with van der Waals surface area (Å²) in [7, 11) is 1.71. The van der Waals surface area contributed by atoms with Crippen LogP contribution in [0.4, 0.5) is 0 Å². The Labute approximate surface area is 184 Å². The number of thiazole rings is 1. The highest BCUT2D eigenvalue weighted by Crippen LogP contribution is 2.18. The van der Waals surface area contributed by atoms with Crippen LogP contribution in [-0.4, -0.2) is 37.7 Å². The molecule has 0 aliphatic rings. The number of nitrogens with one attached hydrogen (secondary N) is 2. The van der Waals surface area contributed by atoms with Crippen molar-refractivity contribution in [1.29, 1.82) is 0 Å². The maximum absolute atomic E-state index is 5.41. The Hall–Kier alpha value is -1.35. The quantitative estimate of drug-likeness (QED) is 0.310. The Balaban J connectivity index is 0.00000364. The van der Waals surface area contributed by atoms with Crippen molar-refractivity contribution < 1.29 is 4.74 Å². The van der Waals surface area contributed by atoms with Gasteiger partial charge in [0.05, 0.1) is 17.8 Å². The van der Waals surface area contributed by atoms with Crippen molar-refractivity contribution in [2.45, 2.75) is 40.0 Å². The first-order chi connectivity index (χ1) is 12.7. The standard InChI is InChI=1S/C20H30N4OS.HI/c1-5-17-15(3)26-19(24-17)12-14-23-20(21-6-2)22-13-11-16-9-7-8-10-18(16)25-4;/h7-10H,5-6,11-14H2,1-4H3,(H2,21,22,23);1H. The number of aromatic nitrogens is 1. The van der Waals surface area contributed by atoms with E-state index in [0.717, 1.165) is 50.6 Å². The van der Waals surface area contributed by atoms with E-state index in [1.165, 1.54) is 21.1 Å². The third kappa shape index (κ3) is 7.65. The molecule has 1 heterocycles. The molecule has 0 bridgehead atoms. The summed E-state index contributed by atoms with van der Waals surface area (Å²) < 4.78 is 5.41. The molecule has 0 unspecified atom stereocenters. The highest BCUT2D eigenvalue weighted by atomic mass is 127. The molecule has 2 aromatic rings. The summed E-state index contributed by atoms with van der Waals surface area (Å²) in [6.07, 6.45) is 2.77. The summed E-state index contributed by atoms with van der Waals surface area (Å²) in [6, 6.07) is 8.12. The smallest absolute Gasteiger partial charge is 0.191 e. The van der Waals surface area contributed by atoms with Crippen molar-refractivity contribution in [2.75, 3.05) is 26.7 Å². The molecular weight excluding hydrogens is 471 g/mol. The largest absolute Gasteiger partial charge is 0.496 e. The molecule has 0 saturated heterocycles. The van der Waals surface area contributed by atoms with Gasteiger partial charge in [0, 0.05) is 30.9 Å². The lowest BCUT2D eigenvalue weighted by Crippen LogP contribution is -2.38. The van der Waals surface area contributed by atoms with Crippen LogP contribution in [0.25, 0.3) is 0 Å². The molecule has 1 aromatic carbocycles. The van der Waals surface area contributed by atoms with Gasteiger partial charge in [-0.25, -0.2) is 4.98 Å². The molecule has 0 aliphatic heterocycles. The monoisotopic (exact) mass is 502 g/mol. The van der Waals surface area contributed by atoms with Gasteiger partial charge < -0.3 is 15.4 Å². The number of para-hydroxylation sites is 1. The van der Waals surface area contributed by atoms with Crippen LogP contribution in [0.15, 0.2) is 29.3 Å². The Morgan fingerprint density at radius 3 is 2.63 bits per heavy atom. The summed E-state index contributed by atoms with van der Waals surface area (Å²) in [5.74, 6) is 1.79. The molecule has 27 heavy (non-hydrogen) atoms. The predicted molar refractivity (Wildman–Crippen MR) is 126 cm³/mol. The molecule has 0 spiro atoms. The van der Waals surface area contributed by atoms with Crippen molar-refractivity contribution in [2.24, 2.45) is 4.99 Å². The van der Waals surface area contributed by atoms with Gasteiger partial charge in [0.2, 0.25) is 0 Å². The van der Waals surface area contributed by atoms with Crippen LogP contribution < -0.4 is 15.4 Å². The van der Waals surface area contributed by atoms with Gasteiger partial charge in [-0.15, -0.1) is 35.3 Å². The summed E-state index contributed by atoms with van der Waals surface area (Å²) in [5, 5.41) is 7.88. The molecule has 0 aliphatic carbocycles. The highest BCUT2D eigenvalue weighted by Gasteiger charge is 2.06. The first-order valence-corrected chi connectivity index (χ1v) is 10.1. The lowest BCUT2D eigenvalue weighted by atomic mass is 10.1. The van der Waals surface area contributed by atoms with Gasteiger partial charge in [0.25, 0.3) is 0 Å². The fraction of sp³-hybridized carbons (Fsp3) is 0.500. The molecule has 1 aromatic heterocycles. The molecule has 0 atom stereocenters. The number of ether oxygens (including phenoxy) is 1. The number of nitrogens with zero attached hydrogens (tertiary/aromatic N) is 2. The van der Waals surface area contributed by atoms with Gasteiger partial charge in [-0.1, -0.05) is 25.1 Å². The normalized spacial score (nSPS) is 11.0. The Kier molecular flexibility index (Phi) is 11.3. The molecular formula is C20H31IN4OS. The Morgan fingerprint density at radius 2 is 1.96 bits per heavy atom. The zero-order chi connectivity index (χ0) is 18.8. The molecule has 0 radical (unpaired) electrons. The van der Waals surface area contributed by atoms with Gasteiger partial charge in [-0.05, 0) is 38.3 Å². The van der Waals surface area contributed by atoms with Gasteiger partial charge in [-0.2, -0.15) is 0 Å². The predicted octanol–water partition coefficient (Wildman–Crippen LogP) is 3.98. The van der Waals surface area contributed by atoms with E-state index in [0.29, 0.717) is 0 Å². The van der Waals surface area contributed by atoms with Crippen LogP contribution in [0.3, 0.4) is 0 Å². The van der Waals surface area contributed by atoms with Crippen molar-refractivity contribution >= 4 is 41.3 Å². The van der Waals surface area contributed by atoms with Crippen LogP contribution in [0.2, 0.25) is 0 Å². The maximum Gasteiger partial charge on any atom is 0.191 e. The molecule has 5 nitrogen and oxygen atoms in total. The lowest BCUT2D eigenvalue weighted by Gasteiger charge is -2.12. The number of aliphatic imine (C=N–C) groups is 1. The second-order valence-corrected chi connectivity index (χ2v) is 7.25. The molecule has 0 saturated carbocycles. The van der Waals surface area contributed by atoms with E-state index >= 15 is 0 Å². The number of rotatable bonds is 9. The van der Waals surface area contributed by atoms with Crippen LogP contribution in [0.5, 0.6) is 5.75 Å². The van der Waals surface area contributed by atoms with Crippen molar-refractivity contribution in [3.63, 3.8) is 0 Å². The van der Waals surface area contributed by atoms with Gasteiger partial charge >= 0.3 is 0 Å². The number of benzene rings is 1. The van der Waals surface area contributed by atoms with E-state index in [1.807, 2.05) is 18.2 Å². The second kappa shape index (κ2) is 12.9. The SMILES string of the molecule is CCNC(=NCCc1nc(CC)c(C)s1)NCCc1ccccc1OC.I. The zero-order valence-corrected chi connectivity index (χ0v) is 19.8. The Morgan fingerprint density at radius 1 is 1.19 bits per heavy atom. The summed E-state index contributed by atoms with van der Waals surface area (Å²) in [6.45, 7) is 8.76. The van der Waals surface area contributed by atoms with Gasteiger partial charge in [0.1, 0.15) is 5.75 Å². The molecule has 7 heteroatoms. The first-order valence-electron chi connectivity index (χ1n) is 9.27.